The molecular formula is C15H21N3O. The minimum absolute atomic E-state index is 0.0653. The van der Waals surface area contributed by atoms with Gasteiger partial charge in [-0.1, -0.05) is 12.1 Å². The highest BCUT2D eigenvalue weighted by Crippen LogP contribution is 2.41. The van der Waals surface area contributed by atoms with E-state index in [1.54, 1.807) is 0 Å². The van der Waals surface area contributed by atoms with E-state index >= 15 is 0 Å². The molecule has 4 nitrogen and oxygen atoms in total. The van der Waals surface area contributed by atoms with Crippen molar-refractivity contribution in [2.24, 2.45) is 11.7 Å². The maximum atomic E-state index is 12.8. The first-order chi connectivity index (χ1) is 9.01. The van der Waals surface area contributed by atoms with Crippen LogP contribution in [0.4, 0.5) is 11.4 Å². The van der Waals surface area contributed by atoms with Gasteiger partial charge in [0.05, 0.1) is 16.9 Å². The summed E-state index contributed by atoms with van der Waals surface area (Å²) in [7, 11) is 2.06. The zero-order valence-electron chi connectivity index (χ0n) is 11.6. The standard InChI is InChI=1S/C15H21N3O/c1-15(16,11-7-8-11)14(19)18-10-9-17(2)12-5-3-4-6-13(12)18/h3-6,11H,7-10,16H2,1-2H3. The summed E-state index contributed by atoms with van der Waals surface area (Å²) in [5.74, 6) is 0.419. The molecule has 0 aromatic heterocycles. The Kier molecular flexibility index (Phi) is 2.78. The van der Waals surface area contributed by atoms with E-state index in [0.717, 1.165) is 30.8 Å². The van der Waals surface area contributed by atoms with Gasteiger partial charge < -0.3 is 15.5 Å². The number of carbonyl (C=O) groups excluding carboxylic acids is 1. The third kappa shape index (κ3) is 2.00. The molecule has 2 aliphatic rings. The molecule has 0 spiro atoms. The second-order valence-electron chi connectivity index (χ2n) is 5.92. The molecule has 0 radical (unpaired) electrons. The van der Waals surface area contributed by atoms with Crippen LogP contribution in [0.2, 0.25) is 0 Å². The van der Waals surface area contributed by atoms with Gasteiger partial charge in [-0.3, -0.25) is 4.79 Å². The van der Waals surface area contributed by atoms with Crippen molar-refractivity contribution in [1.82, 2.24) is 0 Å². The quantitative estimate of drug-likeness (QED) is 0.877. The van der Waals surface area contributed by atoms with Gasteiger partial charge in [0.25, 0.3) is 0 Å². The number of para-hydroxylation sites is 2. The lowest BCUT2D eigenvalue weighted by Crippen LogP contribution is -2.57. The van der Waals surface area contributed by atoms with Crippen LogP contribution in [0.1, 0.15) is 19.8 Å². The first-order valence-corrected chi connectivity index (χ1v) is 6.93. The second kappa shape index (κ2) is 4.23. The molecule has 19 heavy (non-hydrogen) atoms. The third-order valence-corrected chi connectivity index (χ3v) is 4.37. The van der Waals surface area contributed by atoms with Gasteiger partial charge in [-0.2, -0.15) is 0 Å². The largest absolute Gasteiger partial charge is 0.371 e. The normalized spacial score (nSPS) is 21.8. The molecule has 1 heterocycles. The molecule has 1 aromatic carbocycles. The van der Waals surface area contributed by atoms with Crippen molar-refractivity contribution in [1.29, 1.82) is 0 Å². The number of nitrogens with zero attached hydrogens (tertiary/aromatic N) is 2. The van der Waals surface area contributed by atoms with Gasteiger partial charge in [-0.05, 0) is 37.8 Å². The summed E-state index contributed by atoms with van der Waals surface area (Å²) >= 11 is 0. The Hall–Kier alpha value is -1.55. The molecule has 1 saturated carbocycles. The summed E-state index contributed by atoms with van der Waals surface area (Å²) < 4.78 is 0. The zero-order chi connectivity index (χ0) is 13.6. The maximum Gasteiger partial charge on any atom is 0.247 e. The summed E-state index contributed by atoms with van der Waals surface area (Å²) in [6, 6.07) is 8.04. The van der Waals surface area contributed by atoms with E-state index < -0.39 is 5.54 Å². The van der Waals surface area contributed by atoms with Crippen molar-refractivity contribution >= 4 is 17.3 Å². The van der Waals surface area contributed by atoms with Gasteiger partial charge in [-0.15, -0.1) is 0 Å². The number of likely N-dealkylation sites (N-methyl/N-ethyl adjacent to an activating group) is 1. The summed E-state index contributed by atoms with van der Waals surface area (Å²) in [6.45, 7) is 3.45. The molecule has 1 amide bonds. The Morgan fingerprint density at radius 2 is 1.89 bits per heavy atom. The van der Waals surface area contributed by atoms with Crippen LogP contribution in [0.15, 0.2) is 24.3 Å². The number of hydrogen-bond acceptors (Lipinski definition) is 3. The molecule has 3 rings (SSSR count). The first kappa shape index (κ1) is 12.5. The molecule has 1 unspecified atom stereocenters. The SMILES string of the molecule is CN1CCN(C(=O)C(C)(N)C2CC2)c2ccccc21. The Balaban J connectivity index is 1.94. The number of fused-ring (bicyclic) bond motifs is 1. The van der Waals surface area contributed by atoms with Crippen LogP contribution < -0.4 is 15.5 Å². The Morgan fingerprint density at radius 3 is 2.53 bits per heavy atom. The van der Waals surface area contributed by atoms with E-state index in [2.05, 4.69) is 18.0 Å². The van der Waals surface area contributed by atoms with Crippen LogP contribution in [-0.2, 0) is 4.79 Å². The molecule has 102 valence electrons. The fraction of sp³-hybridized carbons (Fsp3) is 0.533. The van der Waals surface area contributed by atoms with Gasteiger partial charge in [0, 0.05) is 20.1 Å². The number of amides is 1. The van der Waals surface area contributed by atoms with E-state index in [0.29, 0.717) is 12.5 Å². The van der Waals surface area contributed by atoms with Crippen molar-refractivity contribution in [2.75, 3.05) is 29.9 Å². The van der Waals surface area contributed by atoms with Crippen molar-refractivity contribution < 1.29 is 4.79 Å². The van der Waals surface area contributed by atoms with Crippen LogP contribution in [0.25, 0.3) is 0 Å². The lowest BCUT2D eigenvalue weighted by Gasteiger charge is -2.39. The molecule has 0 saturated heterocycles. The lowest BCUT2D eigenvalue weighted by atomic mass is 9.94. The number of nitrogens with two attached hydrogens (primary N) is 1. The maximum absolute atomic E-state index is 12.8. The monoisotopic (exact) mass is 259 g/mol. The predicted octanol–water partition coefficient (Wildman–Crippen LogP) is 1.60. The highest BCUT2D eigenvalue weighted by Gasteiger charge is 2.46. The van der Waals surface area contributed by atoms with Gasteiger partial charge in [0.1, 0.15) is 0 Å². The van der Waals surface area contributed by atoms with Crippen LogP contribution in [-0.4, -0.2) is 31.6 Å². The smallest absolute Gasteiger partial charge is 0.247 e. The zero-order valence-corrected chi connectivity index (χ0v) is 11.6. The van der Waals surface area contributed by atoms with E-state index in [1.165, 1.54) is 0 Å². The van der Waals surface area contributed by atoms with Crippen LogP contribution in [0.5, 0.6) is 0 Å². The van der Waals surface area contributed by atoms with Gasteiger partial charge in [-0.25, -0.2) is 0 Å². The van der Waals surface area contributed by atoms with E-state index in [4.69, 9.17) is 5.73 Å². The second-order valence-corrected chi connectivity index (χ2v) is 5.92. The highest BCUT2D eigenvalue weighted by molar-refractivity contribution is 6.03. The minimum atomic E-state index is -0.719. The first-order valence-electron chi connectivity index (χ1n) is 6.93. The summed E-state index contributed by atoms with van der Waals surface area (Å²) in [6.07, 6.45) is 2.16. The summed E-state index contributed by atoms with van der Waals surface area (Å²) in [5.41, 5.74) is 7.65. The molecule has 4 heteroatoms. The molecule has 0 bridgehead atoms. The van der Waals surface area contributed by atoms with Gasteiger partial charge in [0.15, 0.2) is 0 Å². The Labute approximate surface area is 114 Å². The molecule has 2 N–H and O–H groups in total. The van der Waals surface area contributed by atoms with Crippen molar-refractivity contribution in [3.63, 3.8) is 0 Å². The van der Waals surface area contributed by atoms with Gasteiger partial charge in [0.2, 0.25) is 5.91 Å². The summed E-state index contributed by atoms with van der Waals surface area (Å²) in [4.78, 5) is 16.8. The van der Waals surface area contributed by atoms with Crippen molar-refractivity contribution in [3.05, 3.63) is 24.3 Å². The molecule has 1 aliphatic carbocycles. The summed E-state index contributed by atoms with van der Waals surface area (Å²) in [5, 5.41) is 0. The number of rotatable bonds is 2. The van der Waals surface area contributed by atoms with Crippen LogP contribution >= 0.6 is 0 Å². The number of benzene rings is 1. The highest BCUT2D eigenvalue weighted by atomic mass is 16.2. The average molecular weight is 259 g/mol. The Bertz CT molecular complexity index is 508. The predicted molar refractivity (Wildman–Crippen MR) is 77.4 cm³/mol. The third-order valence-electron chi connectivity index (χ3n) is 4.37. The fourth-order valence-electron chi connectivity index (χ4n) is 2.87. The van der Waals surface area contributed by atoms with Crippen molar-refractivity contribution in [3.8, 4) is 0 Å². The van der Waals surface area contributed by atoms with E-state index in [-0.39, 0.29) is 5.91 Å². The van der Waals surface area contributed by atoms with Crippen molar-refractivity contribution in [2.45, 2.75) is 25.3 Å². The van der Waals surface area contributed by atoms with Gasteiger partial charge >= 0.3 is 0 Å². The van der Waals surface area contributed by atoms with Crippen LogP contribution in [0, 0.1) is 5.92 Å². The number of hydrogen-bond donors (Lipinski definition) is 1. The number of anilines is 2. The fourth-order valence-corrected chi connectivity index (χ4v) is 2.87. The van der Waals surface area contributed by atoms with Crippen LogP contribution in [0.3, 0.4) is 0 Å². The Morgan fingerprint density at radius 1 is 1.26 bits per heavy atom. The van der Waals surface area contributed by atoms with E-state index in [1.807, 2.05) is 30.0 Å². The molecule has 1 atom stereocenters. The topological polar surface area (TPSA) is 49.6 Å². The number of carbonyl (C=O) groups is 1. The molecular weight excluding hydrogens is 238 g/mol. The molecule has 1 fully saturated rings. The average Bonchev–Trinajstić information content (AvgIpc) is 3.23. The minimum Gasteiger partial charge on any atom is -0.371 e. The molecule has 1 aromatic rings. The van der Waals surface area contributed by atoms with E-state index in [9.17, 15) is 4.79 Å². The lowest BCUT2D eigenvalue weighted by molar-refractivity contribution is -0.123. The molecule has 1 aliphatic heterocycles.